The number of aliphatic carboxylic acids is 1. The molecule has 4 nitrogen and oxygen atoms in total. The van der Waals surface area contributed by atoms with Crippen LogP contribution in [0, 0.1) is 5.92 Å². The quantitative estimate of drug-likeness (QED) is 0.811. The van der Waals surface area contributed by atoms with Crippen LogP contribution in [0.25, 0.3) is 0 Å². The van der Waals surface area contributed by atoms with Gasteiger partial charge in [0, 0.05) is 18.6 Å². The highest BCUT2D eigenvalue weighted by atomic mass is 16.4. The fourth-order valence-electron chi connectivity index (χ4n) is 5.01. The molecule has 142 valence electrons. The Morgan fingerprint density at radius 3 is 2.37 bits per heavy atom. The minimum absolute atomic E-state index is 0.330. The van der Waals surface area contributed by atoms with Gasteiger partial charge in [0.05, 0.1) is 5.92 Å². The monoisotopic (exact) mass is 365 g/mol. The van der Waals surface area contributed by atoms with E-state index in [9.17, 15) is 15.0 Å². The maximum atomic E-state index is 11.9. The standard InChI is InChI=1S/C23H27NO3/c25-22-8-4-7-17(14-22)18-12-20-9-10-21(13-18)24(20)15-19(23(26)27)11-16-5-2-1-3-6-16/h1-8,14,18-21,25H,9-13,15H2,(H,26,27)/t18?,19?,20-,21+. The first-order chi connectivity index (χ1) is 13.1. The van der Waals surface area contributed by atoms with E-state index >= 15 is 0 Å². The summed E-state index contributed by atoms with van der Waals surface area (Å²) in [5.41, 5.74) is 2.30. The first-order valence-electron chi connectivity index (χ1n) is 9.91. The lowest BCUT2D eigenvalue weighted by molar-refractivity contribution is -0.142. The van der Waals surface area contributed by atoms with Gasteiger partial charge in [0.25, 0.3) is 0 Å². The predicted molar refractivity (Wildman–Crippen MR) is 105 cm³/mol. The van der Waals surface area contributed by atoms with Gasteiger partial charge in [-0.3, -0.25) is 9.69 Å². The molecule has 4 atom stereocenters. The van der Waals surface area contributed by atoms with Gasteiger partial charge in [0.15, 0.2) is 0 Å². The Hall–Kier alpha value is -2.33. The number of benzene rings is 2. The minimum atomic E-state index is -0.701. The average molecular weight is 365 g/mol. The molecule has 0 saturated carbocycles. The van der Waals surface area contributed by atoms with E-state index in [0.717, 1.165) is 31.2 Å². The predicted octanol–water partition coefficient (Wildman–Crippen LogP) is 4.05. The molecule has 2 aromatic carbocycles. The lowest BCUT2D eigenvalue weighted by Gasteiger charge is -2.40. The van der Waals surface area contributed by atoms with Crippen molar-refractivity contribution in [2.24, 2.45) is 5.92 Å². The molecule has 2 aliphatic heterocycles. The van der Waals surface area contributed by atoms with Crippen molar-refractivity contribution < 1.29 is 15.0 Å². The molecule has 2 N–H and O–H groups in total. The van der Waals surface area contributed by atoms with E-state index in [1.54, 1.807) is 6.07 Å². The molecule has 2 heterocycles. The van der Waals surface area contributed by atoms with Gasteiger partial charge in [0.1, 0.15) is 5.75 Å². The smallest absolute Gasteiger partial charge is 0.308 e. The van der Waals surface area contributed by atoms with Crippen LogP contribution in [0.1, 0.15) is 42.7 Å². The zero-order chi connectivity index (χ0) is 18.8. The summed E-state index contributed by atoms with van der Waals surface area (Å²) in [5.74, 6) is -0.277. The summed E-state index contributed by atoms with van der Waals surface area (Å²) in [6.45, 7) is 0.631. The molecule has 4 rings (SSSR count). The Bertz CT molecular complexity index is 777. The second-order valence-electron chi connectivity index (χ2n) is 8.07. The molecule has 0 amide bonds. The van der Waals surface area contributed by atoms with Crippen molar-refractivity contribution in [1.82, 2.24) is 4.90 Å². The first-order valence-corrected chi connectivity index (χ1v) is 9.91. The van der Waals surface area contributed by atoms with Gasteiger partial charge in [0.2, 0.25) is 0 Å². The van der Waals surface area contributed by atoms with Gasteiger partial charge in [-0.05, 0) is 61.3 Å². The molecule has 2 fully saturated rings. The summed E-state index contributed by atoms with van der Waals surface area (Å²) < 4.78 is 0. The van der Waals surface area contributed by atoms with E-state index in [-0.39, 0.29) is 5.92 Å². The Kier molecular flexibility index (Phi) is 5.17. The fraction of sp³-hybridized carbons (Fsp3) is 0.435. The maximum Gasteiger partial charge on any atom is 0.308 e. The van der Waals surface area contributed by atoms with E-state index in [2.05, 4.69) is 11.0 Å². The van der Waals surface area contributed by atoms with Crippen molar-refractivity contribution in [2.75, 3.05) is 6.54 Å². The number of fused-ring (bicyclic) bond motifs is 2. The average Bonchev–Trinajstić information content (AvgIpc) is 2.89. The number of hydrogen-bond donors (Lipinski definition) is 2. The zero-order valence-corrected chi connectivity index (χ0v) is 15.5. The molecule has 4 heteroatoms. The Labute approximate surface area is 160 Å². The van der Waals surface area contributed by atoms with Gasteiger partial charge >= 0.3 is 5.97 Å². The molecule has 2 unspecified atom stereocenters. The third-order valence-corrected chi connectivity index (χ3v) is 6.33. The number of carboxylic acid groups (broad SMARTS) is 1. The summed E-state index contributed by atoms with van der Waals surface area (Å²) in [7, 11) is 0. The Morgan fingerprint density at radius 2 is 1.74 bits per heavy atom. The highest BCUT2D eigenvalue weighted by molar-refractivity contribution is 5.70. The van der Waals surface area contributed by atoms with E-state index in [0.29, 0.717) is 36.7 Å². The van der Waals surface area contributed by atoms with Crippen LogP contribution in [0.15, 0.2) is 54.6 Å². The van der Waals surface area contributed by atoms with E-state index in [1.165, 1.54) is 5.56 Å². The highest BCUT2D eigenvalue weighted by Crippen LogP contribution is 2.43. The van der Waals surface area contributed by atoms with Crippen molar-refractivity contribution in [3.8, 4) is 5.75 Å². The van der Waals surface area contributed by atoms with Crippen molar-refractivity contribution >= 4 is 5.97 Å². The number of rotatable bonds is 6. The van der Waals surface area contributed by atoms with Crippen LogP contribution in [0.2, 0.25) is 0 Å². The lowest BCUT2D eigenvalue weighted by atomic mass is 9.84. The van der Waals surface area contributed by atoms with Crippen molar-refractivity contribution in [2.45, 2.75) is 50.1 Å². The number of carboxylic acids is 1. The number of phenolic OH excluding ortho intramolecular Hbond substituents is 1. The van der Waals surface area contributed by atoms with Crippen LogP contribution in [0.5, 0.6) is 5.75 Å². The largest absolute Gasteiger partial charge is 0.508 e. The van der Waals surface area contributed by atoms with Crippen LogP contribution >= 0.6 is 0 Å². The van der Waals surface area contributed by atoms with Gasteiger partial charge < -0.3 is 10.2 Å². The van der Waals surface area contributed by atoms with Crippen LogP contribution in [0.3, 0.4) is 0 Å². The molecule has 0 aliphatic carbocycles. The Balaban J connectivity index is 1.45. The summed E-state index contributed by atoms with van der Waals surface area (Å²) in [6.07, 6.45) is 4.99. The Morgan fingerprint density at radius 1 is 1.04 bits per heavy atom. The number of nitrogens with zero attached hydrogens (tertiary/aromatic N) is 1. The summed E-state index contributed by atoms with van der Waals surface area (Å²) in [5, 5.41) is 19.6. The highest BCUT2D eigenvalue weighted by Gasteiger charge is 2.42. The van der Waals surface area contributed by atoms with Crippen LogP contribution < -0.4 is 0 Å². The minimum Gasteiger partial charge on any atom is -0.508 e. The van der Waals surface area contributed by atoms with Crippen molar-refractivity contribution in [1.29, 1.82) is 0 Å². The number of hydrogen-bond acceptors (Lipinski definition) is 3. The fourth-order valence-corrected chi connectivity index (χ4v) is 5.01. The second-order valence-corrected chi connectivity index (χ2v) is 8.07. The molecular weight excluding hydrogens is 338 g/mol. The normalized spacial score (nSPS) is 26.0. The molecule has 2 aliphatic rings. The summed E-state index contributed by atoms with van der Waals surface area (Å²) in [6, 6.07) is 18.5. The zero-order valence-electron chi connectivity index (χ0n) is 15.5. The molecule has 0 aromatic heterocycles. The molecule has 2 aromatic rings. The maximum absolute atomic E-state index is 11.9. The number of carbonyl (C=O) groups is 1. The van der Waals surface area contributed by atoms with Gasteiger partial charge in [-0.25, -0.2) is 0 Å². The number of piperidine rings is 1. The molecule has 0 spiro atoms. The van der Waals surface area contributed by atoms with Crippen LogP contribution in [0.4, 0.5) is 0 Å². The van der Waals surface area contributed by atoms with Gasteiger partial charge in [-0.15, -0.1) is 0 Å². The molecule has 2 bridgehead atoms. The third kappa shape index (κ3) is 4.01. The molecular formula is C23H27NO3. The summed E-state index contributed by atoms with van der Waals surface area (Å²) >= 11 is 0. The molecule has 27 heavy (non-hydrogen) atoms. The SMILES string of the molecule is O=C(O)C(Cc1ccccc1)CN1[C@@H]2CC[C@H]1CC(c1cccc(O)c1)C2. The lowest BCUT2D eigenvalue weighted by Crippen LogP contribution is -2.46. The van der Waals surface area contributed by atoms with E-state index in [4.69, 9.17) is 0 Å². The molecule has 0 radical (unpaired) electrons. The van der Waals surface area contributed by atoms with E-state index in [1.807, 2.05) is 42.5 Å². The third-order valence-electron chi connectivity index (χ3n) is 6.33. The second kappa shape index (κ2) is 7.73. The van der Waals surface area contributed by atoms with Crippen LogP contribution in [-0.4, -0.2) is 39.7 Å². The first kappa shape index (κ1) is 18.1. The number of phenols is 1. The van der Waals surface area contributed by atoms with Crippen LogP contribution in [-0.2, 0) is 11.2 Å². The number of aromatic hydroxyl groups is 1. The van der Waals surface area contributed by atoms with Crippen molar-refractivity contribution in [3.05, 3.63) is 65.7 Å². The van der Waals surface area contributed by atoms with E-state index < -0.39 is 5.97 Å². The topological polar surface area (TPSA) is 60.8 Å². The van der Waals surface area contributed by atoms with Crippen molar-refractivity contribution in [3.63, 3.8) is 0 Å². The van der Waals surface area contributed by atoms with Gasteiger partial charge in [-0.2, -0.15) is 0 Å². The van der Waals surface area contributed by atoms with Gasteiger partial charge in [-0.1, -0.05) is 42.5 Å². The molecule has 2 saturated heterocycles. The summed E-state index contributed by atoms with van der Waals surface area (Å²) in [4.78, 5) is 14.3.